The van der Waals surface area contributed by atoms with Crippen LogP contribution in [0.4, 0.5) is 0 Å². The van der Waals surface area contributed by atoms with Crippen LogP contribution < -0.4 is 16.1 Å². The molecule has 3 aromatic carbocycles. The molecule has 0 atom stereocenters. The topological polar surface area (TPSA) is 61.4 Å². The third-order valence-corrected chi connectivity index (χ3v) is 4.89. The van der Waals surface area contributed by atoms with E-state index in [1.165, 1.54) is 10.6 Å². The minimum atomic E-state index is -0.668. The first-order valence-corrected chi connectivity index (χ1v) is 9.45. The van der Waals surface area contributed by atoms with Crippen molar-refractivity contribution in [1.29, 1.82) is 0 Å². The van der Waals surface area contributed by atoms with Crippen LogP contribution in [0, 0.1) is 0 Å². The molecular weight excluding hydrogens is 378 g/mol. The summed E-state index contributed by atoms with van der Waals surface area (Å²) in [5.74, 6) is 0.191. The number of nitrogens with zero attached hydrogens (tertiary/aromatic N) is 1. The Labute approximate surface area is 165 Å². The molecule has 0 amide bonds. The lowest BCUT2D eigenvalue weighted by atomic mass is 10.1. The van der Waals surface area contributed by atoms with Gasteiger partial charge in [0, 0.05) is 17.0 Å². The van der Waals surface area contributed by atoms with Gasteiger partial charge in [-0.25, -0.2) is 9.59 Å². The molecule has 0 N–H and O–H groups in total. The molecule has 4 aromatic rings. The van der Waals surface area contributed by atoms with Gasteiger partial charge in [0.15, 0.2) is 0 Å². The highest BCUT2D eigenvalue weighted by Crippen LogP contribution is 2.25. The first kappa shape index (κ1) is 18.3. The fraction of sp³-hybridized carbons (Fsp3) is 0.182. The molecule has 0 aliphatic rings. The lowest BCUT2D eigenvalue weighted by molar-refractivity contribution is 0.304. The number of benzene rings is 3. The molecule has 0 radical (unpaired) electrons. The van der Waals surface area contributed by atoms with Crippen LogP contribution in [-0.4, -0.2) is 11.2 Å². The van der Waals surface area contributed by atoms with Crippen molar-refractivity contribution >= 4 is 33.3 Å². The first-order chi connectivity index (χ1) is 13.6. The molecule has 4 rings (SSSR count). The van der Waals surface area contributed by atoms with E-state index in [0.717, 1.165) is 22.9 Å². The Morgan fingerprint density at radius 1 is 0.929 bits per heavy atom. The normalized spacial score (nSPS) is 11.2. The van der Waals surface area contributed by atoms with Gasteiger partial charge in [-0.2, -0.15) is 0 Å². The van der Waals surface area contributed by atoms with Gasteiger partial charge in [0.25, 0.3) is 0 Å². The van der Waals surface area contributed by atoms with Crippen LogP contribution in [0.15, 0.2) is 74.7 Å². The van der Waals surface area contributed by atoms with Crippen molar-refractivity contribution in [2.75, 3.05) is 6.61 Å². The Hall–Kier alpha value is -3.05. The van der Waals surface area contributed by atoms with Gasteiger partial charge in [-0.1, -0.05) is 48.0 Å². The Morgan fingerprint density at radius 2 is 1.75 bits per heavy atom. The standard InChI is InChI=1S/C22H18ClNO4/c23-16-10-11-19-18(14-16)21(25)28-22(26)24(19)12-3-4-13-27-20-9-5-7-15-6-1-2-8-17(15)20/h1-2,5-11,14H,3-4,12-13H2. The van der Waals surface area contributed by atoms with Crippen LogP contribution >= 0.6 is 11.6 Å². The molecule has 0 unspecified atom stereocenters. The number of halogens is 1. The summed E-state index contributed by atoms with van der Waals surface area (Å²) in [6.45, 7) is 0.961. The zero-order valence-corrected chi connectivity index (χ0v) is 15.8. The monoisotopic (exact) mass is 395 g/mol. The number of aryl methyl sites for hydroxylation is 1. The fourth-order valence-electron chi connectivity index (χ4n) is 3.28. The maximum absolute atomic E-state index is 12.1. The molecule has 0 aliphatic heterocycles. The second-order valence-corrected chi connectivity index (χ2v) is 6.94. The smallest absolute Gasteiger partial charge is 0.422 e. The van der Waals surface area contributed by atoms with E-state index >= 15 is 0 Å². The van der Waals surface area contributed by atoms with Crippen molar-refractivity contribution < 1.29 is 9.15 Å². The van der Waals surface area contributed by atoms with Gasteiger partial charge in [-0.05, 0) is 42.5 Å². The quantitative estimate of drug-likeness (QED) is 0.447. The summed E-state index contributed by atoms with van der Waals surface area (Å²) >= 11 is 5.94. The van der Waals surface area contributed by atoms with E-state index in [1.807, 2.05) is 30.3 Å². The lowest BCUT2D eigenvalue weighted by Crippen LogP contribution is -2.25. The van der Waals surface area contributed by atoms with E-state index in [-0.39, 0.29) is 0 Å². The second-order valence-electron chi connectivity index (χ2n) is 6.50. The molecule has 5 nitrogen and oxygen atoms in total. The van der Waals surface area contributed by atoms with Gasteiger partial charge in [0.2, 0.25) is 0 Å². The van der Waals surface area contributed by atoms with Crippen LogP contribution in [0.5, 0.6) is 5.75 Å². The zero-order valence-electron chi connectivity index (χ0n) is 15.1. The van der Waals surface area contributed by atoms with E-state index in [1.54, 1.807) is 12.1 Å². The van der Waals surface area contributed by atoms with E-state index in [9.17, 15) is 9.59 Å². The molecule has 0 spiro atoms. The van der Waals surface area contributed by atoms with E-state index < -0.39 is 11.4 Å². The van der Waals surface area contributed by atoms with E-state index in [4.69, 9.17) is 20.8 Å². The Morgan fingerprint density at radius 3 is 2.64 bits per heavy atom. The minimum absolute atomic E-state index is 0.305. The zero-order chi connectivity index (χ0) is 19.5. The van der Waals surface area contributed by atoms with Gasteiger partial charge < -0.3 is 9.15 Å². The lowest BCUT2D eigenvalue weighted by Gasteiger charge is -2.11. The van der Waals surface area contributed by atoms with Crippen molar-refractivity contribution in [1.82, 2.24) is 4.57 Å². The summed E-state index contributed by atoms with van der Waals surface area (Å²) in [4.78, 5) is 24.0. The van der Waals surface area contributed by atoms with Gasteiger partial charge in [-0.3, -0.25) is 4.57 Å². The number of rotatable bonds is 6. The highest BCUT2D eigenvalue weighted by atomic mass is 35.5. The third-order valence-electron chi connectivity index (χ3n) is 4.65. The van der Waals surface area contributed by atoms with Crippen molar-refractivity contribution in [3.05, 3.63) is 86.7 Å². The molecule has 1 aromatic heterocycles. The molecule has 0 saturated carbocycles. The summed E-state index contributed by atoms with van der Waals surface area (Å²) in [5.41, 5.74) is -0.140. The molecule has 0 bridgehead atoms. The second kappa shape index (κ2) is 7.90. The van der Waals surface area contributed by atoms with Crippen LogP contribution in [0.25, 0.3) is 21.7 Å². The van der Waals surface area contributed by atoms with Crippen LogP contribution in [0.3, 0.4) is 0 Å². The van der Waals surface area contributed by atoms with Crippen LogP contribution in [-0.2, 0) is 6.54 Å². The average molecular weight is 396 g/mol. The van der Waals surface area contributed by atoms with Gasteiger partial charge in [0.05, 0.1) is 17.5 Å². The molecular formula is C22H18ClNO4. The predicted octanol–water partition coefficient (Wildman–Crippen LogP) is 4.62. The van der Waals surface area contributed by atoms with Crippen molar-refractivity contribution in [3.8, 4) is 5.75 Å². The molecule has 1 heterocycles. The fourth-order valence-corrected chi connectivity index (χ4v) is 3.45. The molecule has 0 fully saturated rings. The molecule has 6 heteroatoms. The van der Waals surface area contributed by atoms with Gasteiger partial charge in [0.1, 0.15) is 5.75 Å². The summed E-state index contributed by atoms with van der Waals surface area (Å²) < 4.78 is 12.2. The SMILES string of the molecule is O=c1oc(=O)n(CCCCOc2cccc3ccccc23)c2ccc(Cl)cc12. The summed E-state index contributed by atoms with van der Waals surface area (Å²) in [5, 5.41) is 2.94. The number of unbranched alkanes of at least 4 members (excludes halogenated alkanes) is 1. The maximum Gasteiger partial charge on any atom is 0.422 e. The first-order valence-electron chi connectivity index (χ1n) is 9.07. The number of aromatic nitrogens is 1. The Balaban J connectivity index is 1.43. The van der Waals surface area contributed by atoms with Crippen LogP contribution in [0.1, 0.15) is 12.8 Å². The average Bonchev–Trinajstić information content (AvgIpc) is 2.70. The maximum atomic E-state index is 12.1. The summed E-state index contributed by atoms with van der Waals surface area (Å²) in [6, 6.07) is 18.9. The number of fused-ring (bicyclic) bond motifs is 2. The van der Waals surface area contributed by atoms with Crippen molar-refractivity contribution in [2.45, 2.75) is 19.4 Å². The Bertz CT molecular complexity index is 1250. The predicted molar refractivity (Wildman–Crippen MR) is 110 cm³/mol. The number of hydrogen-bond donors (Lipinski definition) is 0. The van der Waals surface area contributed by atoms with E-state index in [2.05, 4.69) is 12.1 Å². The minimum Gasteiger partial charge on any atom is -0.493 e. The number of hydrogen-bond acceptors (Lipinski definition) is 4. The van der Waals surface area contributed by atoms with Gasteiger partial charge in [-0.15, -0.1) is 0 Å². The van der Waals surface area contributed by atoms with Gasteiger partial charge >= 0.3 is 11.4 Å². The molecule has 0 saturated heterocycles. The molecule has 28 heavy (non-hydrogen) atoms. The largest absolute Gasteiger partial charge is 0.493 e. The van der Waals surface area contributed by atoms with Crippen molar-refractivity contribution in [2.24, 2.45) is 0 Å². The van der Waals surface area contributed by atoms with Crippen LogP contribution in [0.2, 0.25) is 5.02 Å². The Kier molecular flexibility index (Phi) is 5.17. The highest BCUT2D eigenvalue weighted by molar-refractivity contribution is 6.31. The third kappa shape index (κ3) is 3.66. The van der Waals surface area contributed by atoms with E-state index in [0.29, 0.717) is 35.5 Å². The molecule has 142 valence electrons. The highest BCUT2D eigenvalue weighted by Gasteiger charge is 2.10. The molecule has 0 aliphatic carbocycles. The number of ether oxygens (including phenoxy) is 1. The summed E-state index contributed by atoms with van der Waals surface area (Å²) in [6.07, 6.45) is 1.46. The van der Waals surface area contributed by atoms with Crippen molar-refractivity contribution in [3.63, 3.8) is 0 Å². The summed E-state index contributed by atoms with van der Waals surface area (Å²) in [7, 11) is 0.